The lowest BCUT2D eigenvalue weighted by molar-refractivity contribution is -0.148. The van der Waals surface area contributed by atoms with Gasteiger partial charge in [-0.25, -0.2) is 9.59 Å². The van der Waals surface area contributed by atoms with Crippen LogP contribution in [-0.2, 0) is 36.8 Å². The SMILES string of the molecule is C[Si](C)(C)O[Si](C)(C)COCC(CO)OC(=O)C(=O)c1ccccc1.C[Si](C)(C)O[Si](C)(C)COCC(O)COC(=O)C(=O)c1ccccc1. The summed E-state index contributed by atoms with van der Waals surface area (Å²) in [7, 11) is -7.21. The molecule has 0 bridgehead atoms. The Morgan fingerprint density at radius 2 is 1.00 bits per heavy atom. The highest BCUT2D eigenvalue weighted by atomic mass is 28.4. The summed E-state index contributed by atoms with van der Waals surface area (Å²) in [6.45, 7) is 20.3. The van der Waals surface area contributed by atoms with E-state index < -0.39 is 75.6 Å². The van der Waals surface area contributed by atoms with Crippen LogP contribution in [0.2, 0.25) is 65.5 Å². The van der Waals surface area contributed by atoms with Crippen molar-refractivity contribution in [1.29, 1.82) is 0 Å². The van der Waals surface area contributed by atoms with E-state index in [-0.39, 0.29) is 30.9 Å². The van der Waals surface area contributed by atoms with Crippen LogP contribution in [0.1, 0.15) is 20.7 Å². The average Bonchev–Trinajstić information content (AvgIpc) is 3.01. The minimum absolute atomic E-state index is 0.0236. The molecule has 0 aliphatic heterocycles. The fraction of sp³-hybridized carbons (Fsp3) is 0.529. The zero-order chi connectivity index (χ0) is 38.2. The lowest BCUT2D eigenvalue weighted by Gasteiger charge is -2.31. The number of rotatable bonds is 20. The molecule has 12 nitrogen and oxygen atoms in total. The lowest BCUT2D eigenvalue weighted by atomic mass is 10.1. The molecule has 0 saturated heterocycles. The van der Waals surface area contributed by atoms with Crippen LogP contribution < -0.4 is 0 Å². The topological polar surface area (TPSA) is 164 Å². The summed E-state index contributed by atoms with van der Waals surface area (Å²) >= 11 is 0. The highest BCUT2D eigenvalue weighted by Gasteiger charge is 2.32. The van der Waals surface area contributed by atoms with Crippen molar-refractivity contribution in [2.75, 3.05) is 38.9 Å². The molecule has 0 aliphatic rings. The van der Waals surface area contributed by atoms with E-state index in [0.717, 1.165) is 0 Å². The Labute approximate surface area is 300 Å². The molecule has 0 saturated carbocycles. The van der Waals surface area contributed by atoms with Crippen molar-refractivity contribution in [3.63, 3.8) is 0 Å². The predicted octanol–water partition coefficient (Wildman–Crippen LogP) is 4.77. The molecule has 2 aromatic carbocycles. The molecule has 2 unspecified atom stereocenters. The fourth-order valence-electron chi connectivity index (χ4n) is 4.62. The largest absolute Gasteiger partial charge is 0.457 e. The number of benzene rings is 2. The summed E-state index contributed by atoms with van der Waals surface area (Å²) in [4.78, 5) is 47.4. The van der Waals surface area contributed by atoms with Crippen molar-refractivity contribution < 1.29 is 56.6 Å². The molecule has 16 heteroatoms. The third-order valence-corrected chi connectivity index (χ3v) is 17.1. The number of carbonyl (C=O) groups is 4. The second kappa shape index (κ2) is 21.0. The average molecular weight is 769 g/mol. The number of ether oxygens (including phenoxy) is 4. The van der Waals surface area contributed by atoms with Crippen LogP contribution in [0.5, 0.6) is 0 Å². The highest BCUT2D eigenvalue weighted by molar-refractivity contribution is 6.84. The molecule has 0 aliphatic carbocycles. The third-order valence-electron chi connectivity index (χ3n) is 6.01. The molecule has 0 spiro atoms. The molecular formula is C34H56O12Si4. The molecule has 2 rings (SSSR count). The number of Topliss-reactive ketones (excluding diaryl/α,β-unsaturated/α-hetero) is 2. The molecular weight excluding hydrogens is 713 g/mol. The zero-order valence-corrected chi connectivity index (χ0v) is 35.1. The number of aliphatic hydroxyl groups is 2. The number of esters is 2. The molecule has 0 fully saturated rings. The van der Waals surface area contributed by atoms with Gasteiger partial charge < -0.3 is 37.4 Å². The third kappa shape index (κ3) is 20.3. The van der Waals surface area contributed by atoms with Gasteiger partial charge >= 0.3 is 11.9 Å². The van der Waals surface area contributed by atoms with Gasteiger partial charge in [0.1, 0.15) is 18.8 Å². The quantitative estimate of drug-likeness (QED) is 0.0822. The molecule has 280 valence electrons. The van der Waals surface area contributed by atoms with Gasteiger partial charge in [-0.2, -0.15) is 0 Å². The first-order valence-corrected chi connectivity index (χ1v) is 29.5. The van der Waals surface area contributed by atoms with E-state index in [2.05, 4.69) is 65.5 Å². The normalized spacial score (nSPS) is 13.4. The van der Waals surface area contributed by atoms with Gasteiger partial charge in [-0.15, -0.1) is 0 Å². The maximum Gasteiger partial charge on any atom is 0.380 e. The van der Waals surface area contributed by atoms with Crippen LogP contribution in [0.3, 0.4) is 0 Å². The summed E-state index contributed by atoms with van der Waals surface area (Å²) in [6.07, 6.45) is -0.982. The summed E-state index contributed by atoms with van der Waals surface area (Å²) in [5.41, 5.74) is 0.511. The van der Waals surface area contributed by atoms with E-state index in [1.54, 1.807) is 36.4 Å². The molecule has 0 amide bonds. The van der Waals surface area contributed by atoms with Crippen molar-refractivity contribution in [3.8, 4) is 0 Å². The fourth-order valence-corrected chi connectivity index (χ4v) is 19.6. The number of hydrogen-bond acceptors (Lipinski definition) is 12. The van der Waals surface area contributed by atoms with E-state index in [4.69, 9.17) is 27.2 Å². The molecule has 2 aromatic rings. The standard InChI is InChI=1S/2C17H28O6Si2/c1-24(2,3)23-25(4,5)13-21-11-15(18)12-22-17(20)16(19)14-9-7-6-8-10-14;1-24(2,3)23-25(4,5)13-21-12-15(11-18)22-17(20)16(19)14-9-7-6-8-10-14/h2*6-10,15,18H,11-13H2,1-5H3. The highest BCUT2D eigenvalue weighted by Crippen LogP contribution is 2.16. The first kappa shape index (κ1) is 45.4. The van der Waals surface area contributed by atoms with Crippen molar-refractivity contribution >= 4 is 56.8 Å². The Bertz CT molecular complexity index is 1340. The number of carbonyl (C=O) groups excluding carboxylic acids is 4. The number of ketones is 2. The first-order chi connectivity index (χ1) is 23.0. The van der Waals surface area contributed by atoms with Crippen LogP contribution in [-0.4, -0.2) is 118 Å². The van der Waals surface area contributed by atoms with Gasteiger partial charge in [-0.1, -0.05) is 60.7 Å². The van der Waals surface area contributed by atoms with Crippen LogP contribution in [0, 0.1) is 0 Å². The second-order valence-electron chi connectivity index (χ2n) is 14.8. The van der Waals surface area contributed by atoms with Gasteiger partial charge in [0.25, 0.3) is 11.6 Å². The van der Waals surface area contributed by atoms with Crippen molar-refractivity contribution in [2.45, 2.75) is 77.7 Å². The Hall–Kier alpha value is -2.65. The first-order valence-electron chi connectivity index (χ1n) is 16.5. The summed E-state index contributed by atoms with van der Waals surface area (Å²) < 4.78 is 33.3. The summed E-state index contributed by atoms with van der Waals surface area (Å²) in [6, 6.07) is 16.3. The van der Waals surface area contributed by atoms with Crippen molar-refractivity contribution in [1.82, 2.24) is 0 Å². The van der Waals surface area contributed by atoms with Gasteiger partial charge in [0, 0.05) is 11.1 Å². The predicted molar refractivity (Wildman–Crippen MR) is 201 cm³/mol. The van der Waals surface area contributed by atoms with E-state index in [1.165, 1.54) is 24.3 Å². The Morgan fingerprint density at radius 3 is 1.40 bits per heavy atom. The van der Waals surface area contributed by atoms with E-state index in [0.29, 0.717) is 12.5 Å². The number of hydrogen-bond donors (Lipinski definition) is 2. The minimum atomic E-state index is -1.98. The molecule has 2 atom stereocenters. The van der Waals surface area contributed by atoms with Gasteiger partial charge in [-0.3, -0.25) is 9.59 Å². The Morgan fingerprint density at radius 1 is 0.600 bits per heavy atom. The van der Waals surface area contributed by atoms with Gasteiger partial charge in [0.05, 0.1) is 32.3 Å². The molecule has 0 aromatic heterocycles. The van der Waals surface area contributed by atoms with Gasteiger partial charge in [0.15, 0.2) is 33.3 Å². The molecule has 0 heterocycles. The lowest BCUT2D eigenvalue weighted by Crippen LogP contribution is -2.46. The minimum Gasteiger partial charge on any atom is -0.457 e. The van der Waals surface area contributed by atoms with E-state index in [9.17, 15) is 29.4 Å². The van der Waals surface area contributed by atoms with Crippen LogP contribution in [0.4, 0.5) is 0 Å². The smallest absolute Gasteiger partial charge is 0.380 e. The Kier molecular flexibility index (Phi) is 19.1. The van der Waals surface area contributed by atoms with Crippen LogP contribution in [0.15, 0.2) is 60.7 Å². The summed E-state index contributed by atoms with van der Waals surface area (Å²) in [5.74, 6) is -3.45. The van der Waals surface area contributed by atoms with Gasteiger partial charge in [0.2, 0.25) is 0 Å². The zero-order valence-electron chi connectivity index (χ0n) is 31.1. The number of aliphatic hydroxyl groups excluding tert-OH is 2. The Balaban J connectivity index is 0.000000500. The van der Waals surface area contributed by atoms with E-state index >= 15 is 0 Å². The maximum atomic E-state index is 12.0. The van der Waals surface area contributed by atoms with Gasteiger partial charge in [-0.05, 0) is 65.5 Å². The van der Waals surface area contributed by atoms with Crippen molar-refractivity contribution in [3.05, 3.63) is 71.8 Å². The molecule has 50 heavy (non-hydrogen) atoms. The maximum absolute atomic E-state index is 12.0. The monoisotopic (exact) mass is 768 g/mol. The van der Waals surface area contributed by atoms with E-state index in [1.807, 2.05) is 0 Å². The van der Waals surface area contributed by atoms with Crippen LogP contribution in [0.25, 0.3) is 0 Å². The van der Waals surface area contributed by atoms with Crippen LogP contribution >= 0.6 is 0 Å². The second-order valence-corrected chi connectivity index (χ2v) is 32.5. The summed E-state index contributed by atoms with van der Waals surface area (Å²) in [5, 5.41) is 19.2. The molecule has 2 N–H and O–H groups in total. The molecule has 0 radical (unpaired) electrons. The van der Waals surface area contributed by atoms with Crippen molar-refractivity contribution in [2.24, 2.45) is 0 Å².